The smallest absolute Gasteiger partial charge is 0.387 e. The summed E-state index contributed by atoms with van der Waals surface area (Å²) in [5.41, 5.74) is 0.840. The van der Waals surface area contributed by atoms with Crippen molar-refractivity contribution in [3.8, 4) is 11.5 Å². The first-order chi connectivity index (χ1) is 13.3. The Morgan fingerprint density at radius 1 is 1.25 bits per heavy atom. The van der Waals surface area contributed by atoms with E-state index in [0.29, 0.717) is 25.5 Å². The number of nitrogens with zero attached hydrogens (tertiary/aromatic N) is 2. The Hall–Kier alpha value is -2.38. The normalized spacial score (nSPS) is 21.7. The standard InChI is InChI=1S/C20H26F2N2O4/c1-12(25)24-10-15(8-16(24)19(26)23(2)3)14-6-7-17(28-20(21)22)18(9-14)27-11-13-4-5-13/h6-7,9,13,15-16,20H,4-5,8,10-11H2,1-3H3. The van der Waals surface area contributed by atoms with E-state index in [0.717, 1.165) is 18.4 Å². The number of carbonyl (C=O) groups is 2. The fourth-order valence-electron chi connectivity index (χ4n) is 3.53. The number of benzene rings is 1. The molecule has 2 aliphatic rings. The second-order valence-corrected chi connectivity index (χ2v) is 7.69. The highest BCUT2D eigenvalue weighted by molar-refractivity contribution is 5.87. The van der Waals surface area contributed by atoms with Crippen molar-refractivity contribution in [2.75, 3.05) is 27.2 Å². The fourth-order valence-corrected chi connectivity index (χ4v) is 3.53. The van der Waals surface area contributed by atoms with Crippen LogP contribution in [0.15, 0.2) is 18.2 Å². The molecule has 1 aliphatic heterocycles. The van der Waals surface area contributed by atoms with Gasteiger partial charge in [0.05, 0.1) is 6.61 Å². The molecule has 1 saturated heterocycles. The van der Waals surface area contributed by atoms with Gasteiger partial charge in [0.25, 0.3) is 0 Å². The van der Waals surface area contributed by atoms with Crippen LogP contribution < -0.4 is 9.47 Å². The second kappa shape index (κ2) is 8.32. The van der Waals surface area contributed by atoms with Gasteiger partial charge in [-0.1, -0.05) is 6.07 Å². The van der Waals surface area contributed by atoms with Crippen LogP contribution in [-0.2, 0) is 9.59 Å². The lowest BCUT2D eigenvalue weighted by Gasteiger charge is -2.24. The van der Waals surface area contributed by atoms with Crippen LogP contribution in [0, 0.1) is 5.92 Å². The molecule has 1 saturated carbocycles. The maximum atomic E-state index is 12.7. The number of alkyl halides is 2. The minimum atomic E-state index is -2.93. The van der Waals surface area contributed by atoms with Gasteiger partial charge in [-0.05, 0) is 42.9 Å². The van der Waals surface area contributed by atoms with E-state index in [9.17, 15) is 18.4 Å². The second-order valence-electron chi connectivity index (χ2n) is 7.69. The molecule has 1 aliphatic carbocycles. The highest BCUT2D eigenvalue weighted by atomic mass is 19.3. The van der Waals surface area contributed by atoms with Gasteiger partial charge in [-0.15, -0.1) is 0 Å². The van der Waals surface area contributed by atoms with Gasteiger partial charge in [-0.25, -0.2) is 0 Å². The van der Waals surface area contributed by atoms with Gasteiger partial charge < -0.3 is 19.3 Å². The van der Waals surface area contributed by atoms with Crippen molar-refractivity contribution in [1.29, 1.82) is 0 Å². The number of likely N-dealkylation sites (N-methyl/N-ethyl adjacent to an activating group) is 1. The summed E-state index contributed by atoms with van der Waals surface area (Å²) < 4.78 is 35.7. The minimum Gasteiger partial charge on any atom is -0.489 e. The van der Waals surface area contributed by atoms with Crippen molar-refractivity contribution >= 4 is 11.8 Å². The van der Waals surface area contributed by atoms with Crippen molar-refractivity contribution < 1.29 is 27.8 Å². The topological polar surface area (TPSA) is 59.1 Å². The van der Waals surface area contributed by atoms with Gasteiger partial charge in [-0.2, -0.15) is 8.78 Å². The number of likely N-dealkylation sites (tertiary alicyclic amines) is 1. The molecule has 0 bridgehead atoms. The molecule has 28 heavy (non-hydrogen) atoms. The van der Waals surface area contributed by atoms with E-state index in [-0.39, 0.29) is 29.2 Å². The number of carbonyl (C=O) groups excluding carboxylic acids is 2. The van der Waals surface area contributed by atoms with Crippen LogP contribution in [0.3, 0.4) is 0 Å². The number of ether oxygens (including phenoxy) is 2. The van der Waals surface area contributed by atoms with E-state index in [2.05, 4.69) is 4.74 Å². The van der Waals surface area contributed by atoms with Gasteiger partial charge in [0, 0.05) is 33.5 Å². The first-order valence-electron chi connectivity index (χ1n) is 9.46. The van der Waals surface area contributed by atoms with Gasteiger partial charge in [0.1, 0.15) is 6.04 Å². The van der Waals surface area contributed by atoms with E-state index >= 15 is 0 Å². The predicted molar refractivity (Wildman–Crippen MR) is 98.5 cm³/mol. The third-order valence-corrected chi connectivity index (χ3v) is 5.26. The number of halogens is 2. The Morgan fingerprint density at radius 3 is 2.54 bits per heavy atom. The molecule has 154 valence electrons. The molecule has 2 fully saturated rings. The van der Waals surface area contributed by atoms with Gasteiger partial charge in [0.2, 0.25) is 11.8 Å². The van der Waals surface area contributed by atoms with E-state index in [1.165, 1.54) is 17.9 Å². The molecule has 6 nitrogen and oxygen atoms in total. The Kier molecular flexibility index (Phi) is 6.05. The third kappa shape index (κ3) is 4.72. The lowest BCUT2D eigenvalue weighted by molar-refractivity contribution is -0.141. The fraction of sp³-hybridized carbons (Fsp3) is 0.600. The highest BCUT2D eigenvalue weighted by Gasteiger charge is 2.39. The molecule has 0 radical (unpaired) electrons. The highest BCUT2D eigenvalue weighted by Crippen LogP contribution is 2.39. The van der Waals surface area contributed by atoms with Crippen molar-refractivity contribution in [3.63, 3.8) is 0 Å². The monoisotopic (exact) mass is 396 g/mol. The molecular formula is C20H26F2N2O4. The van der Waals surface area contributed by atoms with E-state index < -0.39 is 12.7 Å². The van der Waals surface area contributed by atoms with Crippen LogP contribution in [0.1, 0.15) is 37.7 Å². The van der Waals surface area contributed by atoms with Crippen LogP contribution in [-0.4, -0.2) is 61.5 Å². The Bertz CT molecular complexity index is 737. The zero-order valence-corrected chi connectivity index (χ0v) is 16.4. The summed E-state index contributed by atoms with van der Waals surface area (Å²) in [6.45, 7) is -0.621. The first kappa shape index (κ1) is 20.4. The van der Waals surface area contributed by atoms with Crippen LogP contribution in [0.4, 0.5) is 8.78 Å². The quantitative estimate of drug-likeness (QED) is 0.711. The largest absolute Gasteiger partial charge is 0.489 e. The number of rotatable bonds is 7. The Labute approximate surface area is 163 Å². The minimum absolute atomic E-state index is 0.00161. The molecule has 2 amide bonds. The maximum absolute atomic E-state index is 12.7. The maximum Gasteiger partial charge on any atom is 0.387 e. The van der Waals surface area contributed by atoms with Crippen molar-refractivity contribution in [1.82, 2.24) is 9.80 Å². The Morgan fingerprint density at radius 2 is 1.96 bits per heavy atom. The molecule has 3 rings (SSSR count). The van der Waals surface area contributed by atoms with E-state index in [1.807, 2.05) is 0 Å². The summed E-state index contributed by atoms with van der Waals surface area (Å²) in [7, 11) is 3.32. The van der Waals surface area contributed by atoms with Crippen LogP contribution in [0.2, 0.25) is 0 Å². The van der Waals surface area contributed by atoms with Gasteiger partial charge in [-0.3, -0.25) is 9.59 Å². The number of hydrogen-bond acceptors (Lipinski definition) is 4. The summed E-state index contributed by atoms with van der Waals surface area (Å²) in [6, 6.07) is 4.35. The molecule has 1 aromatic carbocycles. The predicted octanol–water partition coefficient (Wildman–Crippen LogP) is 2.87. The van der Waals surface area contributed by atoms with E-state index in [4.69, 9.17) is 4.74 Å². The van der Waals surface area contributed by atoms with Crippen molar-refractivity contribution in [3.05, 3.63) is 23.8 Å². The number of hydrogen-bond donors (Lipinski definition) is 0. The molecule has 0 aromatic heterocycles. The zero-order valence-electron chi connectivity index (χ0n) is 16.4. The number of amides is 2. The summed E-state index contributed by atoms with van der Waals surface area (Å²) in [6.07, 6.45) is 2.64. The SMILES string of the molecule is CC(=O)N1CC(c2ccc(OC(F)F)c(OCC3CC3)c2)CC1C(=O)N(C)C. The van der Waals surface area contributed by atoms with Crippen LogP contribution >= 0.6 is 0 Å². The van der Waals surface area contributed by atoms with Crippen molar-refractivity contribution in [2.45, 2.75) is 44.8 Å². The first-order valence-corrected chi connectivity index (χ1v) is 9.46. The summed E-state index contributed by atoms with van der Waals surface area (Å²) in [4.78, 5) is 27.5. The molecule has 1 aromatic rings. The average Bonchev–Trinajstić information content (AvgIpc) is 3.35. The molecule has 2 atom stereocenters. The molecular weight excluding hydrogens is 370 g/mol. The summed E-state index contributed by atoms with van der Waals surface area (Å²) >= 11 is 0. The lowest BCUT2D eigenvalue weighted by atomic mass is 9.95. The van der Waals surface area contributed by atoms with E-state index in [1.54, 1.807) is 31.1 Å². The molecule has 0 N–H and O–H groups in total. The Balaban J connectivity index is 1.82. The molecule has 2 unspecified atom stereocenters. The molecule has 1 heterocycles. The molecule has 8 heteroatoms. The molecule has 0 spiro atoms. The summed E-state index contributed by atoms with van der Waals surface area (Å²) in [5.74, 6) is 0.376. The van der Waals surface area contributed by atoms with Gasteiger partial charge in [0.15, 0.2) is 11.5 Å². The third-order valence-electron chi connectivity index (χ3n) is 5.26. The lowest BCUT2D eigenvalue weighted by Crippen LogP contribution is -2.44. The van der Waals surface area contributed by atoms with Crippen molar-refractivity contribution in [2.24, 2.45) is 5.92 Å². The summed E-state index contributed by atoms with van der Waals surface area (Å²) in [5, 5.41) is 0. The van der Waals surface area contributed by atoms with Gasteiger partial charge >= 0.3 is 6.61 Å². The van der Waals surface area contributed by atoms with Crippen LogP contribution in [0.25, 0.3) is 0 Å². The van der Waals surface area contributed by atoms with Crippen LogP contribution in [0.5, 0.6) is 11.5 Å². The zero-order chi connectivity index (χ0) is 20.4. The average molecular weight is 396 g/mol.